The van der Waals surface area contributed by atoms with Crippen LogP contribution in [-0.4, -0.2) is 42.7 Å². The fourth-order valence-corrected chi connectivity index (χ4v) is 3.18. The van der Waals surface area contributed by atoms with Gasteiger partial charge in [-0.3, -0.25) is 19.6 Å². The molecule has 1 aromatic heterocycles. The minimum Gasteiger partial charge on any atom is -0.465 e. The summed E-state index contributed by atoms with van der Waals surface area (Å²) in [6.07, 6.45) is 3.02. The van der Waals surface area contributed by atoms with Gasteiger partial charge >= 0.3 is 5.97 Å². The van der Waals surface area contributed by atoms with Crippen molar-refractivity contribution in [3.8, 4) is 11.3 Å². The van der Waals surface area contributed by atoms with Gasteiger partial charge in [0.2, 0.25) is 11.8 Å². The molecule has 10 heteroatoms. The lowest BCUT2D eigenvalue weighted by molar-refractivity contribution is -0.135. The molecule has 1 atom stereocenters. The van der Waals surface area contributed by atoms with Gasteiger partial charge in [0.1, 0.15) is 5.76 Å². The third kappa shape index (κ3) is 7.76. The highest BCUT2D eigenvalue weighted by molar-refractivity contribution is 5.93. The molecule has 4 N–H and O–H groups in total. The van der Waals surface area contributed by atoms with Gasteiger partial charge in [-0.15, -0.1) is 0 Å². The van der Waals surface area contributed by atoms with Gasteiger partial charge in [0, 0.05) is 17.9 Å². The number of methoxy groups -OCH3 is 1. The Labute approximate surface area is 191 Å². The minimum atomic E-state index is -0.640. The topological polar surface area (TPSA) is 147 Å². The zero-order valence-corrected chi connectivity index (χ0v) is 18.7. The molecule has 0 bridgehead atoms. The summed E-state index contributed by atoms with van der Waals surface area (Å²) in [5.41, 5.74) is 2.61. The predicted molar refractivity (Wildman–Crippen MR) is 118 cm³/mol. The van der Waals surface area contributed by atoms with Crippen molar-refractivity contribution in [3.63, 3.8) is 0 Å². The molecule has 3 amide bonds. The SMILES string of the molecule is CCCCC[C@H](CC(=O)NO)C(=O)NCNC(=O)c1ccc(-c2ccc(C(=O)OC)cc2)o1. The quantitative estimate of drug-likeness (QED) is 0.125. The Morgan fingerprint density at radius 1 is 1.03 bits per heavy atom. The standard InChI is InChI=1S/C23H29N3O7/c1-3-4-5-6-17(13-20(27)26-31)21(28)24-14-25-22(29)19-12-11-18(33-19)15-7-9-16(10-8-15)23(30)32-2/h7-12,17,31H,3-6,13-14H2,1-2H3,(H,24,28)(H,25,29)(H,26,27)/t17-/m1/s1. The molecule has 1 heterocycles. The molecule has 0 aliphatic carbocycles. The Morgan fingerprint density at radius 3 is 2.39 bits per heavy atom. The number of hydrogen-bond donors (Lipinski definition) is 4. The molecule has 33 heavy (non-hydrogen) atoms. The first-order valence-electron chi connectivity index (χ1n) is 10.7. The second-order valence-corrected chi connectivity index (χ2v) is 7.39. The van der Waals surface area contributed by atoms with Crippen molar-refractivity contribution < 1.29 is 33.5 Å². The van der Waals surface area contributed by atoms with Crippen molar-refractivity contribution >= 4 is 23.7 Å². The third-order valence-corrected chi connectivity index (χ3v) is 5.02. The molecule has 10 nitrogen and oxygen atoms in total. The largest absolute Gasteiger partial charge is 0.465 e. The third-order valence-electron chi connectivity index (χ3n) is 5.02. The lowest BCUT2D eigenvalue weighted by atomic mass is 9.96. The average Bonchev–Trinajstić information content (AvgIpc) is 3.33. The first kappa shape index (κ1) is 25.6. The van der Waals surface area contributed by atoms with Crippen molar-refractivity contribution in [2.75, 3.05) is 13.8 Å². The van der Waals surface area contributed by atoms with Crippen LogP contribution >= 0.6 is 0 Å². The Bertz CT molecular complexity index is 953. The van der Waals surface area contributed by atoms with Crippen LogP contribution in [0.2, 0.25) is 0 Å². The predicted octanol–water partition coefficient (Wildman–Crippen LogP) is 2.63. The molecule has 1 aromatic carbocycles. The summed E-state index contributed by atoms with van der Waals surface area (Å²) in [4.78, 5) is 47.7. The minimum absolute atomic E-state index is 0.0513. The Kier molecular flexibility index (Phi) is 10.1. The highest BCUT2D eigenvalue weighted by Crippen LogP contribution is 2.23. The molecule has 0 spiro atoms. The van der Waals surface area contributed by atoms with Gasteiger partial charge in [0.15, 0.2) is 5.76 Å². The van der Waals surface area contributed by atoms with E-state index in [4.69, 9.17) is 9.62 Å². The van der Waals surface area contributed by atoms with Gasteiger partial charge in [-0.1, -0.05) is 38.3 Å². The first-order valence-corrected chi connectivity index (χ1v) is 10.7. The van der Waals surface area contributed by atoms with E-state index in [9.17, 15) is 19.2 Å². The summed E-state index contributed by atoms with van der Waals surface area (Å²) in [7, 11) is 1.30. The zero-order valence-electron chi connectivity index (χ0n) is 18.7. The molecule has 0 saturated heterocycles. The van der Waals surface area contributed by atoms with Crippen molar-refractivity contribution in [2.45, 2.75) is 39.0 Å². The van der Waals surface area contributed by atoms with Crippen LogP contribution in [0.15, 0.2) is 40.8 Å². The van der Waals surface area contributed by atoms with Crippen LogP contribution in [0.5, 0.6) is 0 Å². The van der Waals surface area contributed by atoms with Gasteiger partial charge in [0.25, 0.3) is 5.91 Å². The first-order chi connectivity index (χ1) is 15.9. The van der Waals surface area contributed by atoms with E-state index in [2.05, 4.69) is 15.4 Å². The molecule has 0 unspecified atom stereocenters. The van der Waals surface area contributed by atoms with Crippen LogP contribution in [0, 0.1) is 5.92 Å². The Hall–Kier alpha value is -3.66. The lowest BCUT2D eigenvalue weighted by Gasteiger charge is -2.16. The molecular weight excluding hydrogens is 430 g/mol. The summed E-state index contributed by atoms with van der Waals surface area (Å²) in [5.74, 6) is -2.12. The monoisotopic (exact) mass is 459 g/mol. The summed E-state index contributed by atoms with van der Waals surface area (Å²) < 4.78 is 10.2. The van der Waals surface area contributed by atoms with E-state index < -0.39 is 23.7 Å². The highest BCUT2D eigenvalue weighted by Gasteiger charge is 2.21. The van der Waals surface area contributed by atoms with Gasteiger partial charge in [-0.2, -0.15) is 0 Å². The van der Waals surface area contributed by atoms with Crippen LogP contribution in [0.3, 0.4) is 0 Å². The molecule has 2 aromatic rings. The van der Waals surface area contributed by atoms with E-state index in [0.717, 1.165) is 19.3 Å². The van der Waals surface area contributed by atoms with Crippen LogP contribution < -0.4 is 16.1 Å². The number of amides is 3. The van der Waals surface area contributed by atoms with Gasteiger partial charge < -0.3 is 19.8 Å². The van der Waals surface area contributed by atoms with Crippen LogP contribution in [0.25, 0.3) is 11.3 Å². The van der Waals surface area contributed by atoms with E-state index in [0.29, 0.717) is 23.3 Å². The second-order valence-electron chi connectivity index (χ2n) is 7.39. The number of carbonyl (C=O) groups is 4. The van der Waals surface area contributed by atoms with Crippen LogP contribution in [0.1, 0.15) is 59.9 Å². The van der Waals surface area contributed by atoms with Gasteiger partial charge in [-0.25, -0.2) is 10.3 Å². The number of rotatable bonds is 12. The van der Waals surface area contributed by atoms with Crippen molar-refractivity contribution in [1.29, 1.82) is 0 Å². The number of unbranched alkanes of at least 4 members (excludes halogenated alkanes) is 2. The van der Waals surface area contributed by atoms with Crippen LogP contribution in [0.4, 0.5) is 0 Å². The normalized spacial score (nSPS) is 11.4. The number of ether oxygens (including phenoxy) is 1. The van der Waals surface area contributed by atoms with Crippen molar-refractivity contribution in [2.24, 2.45) is 5.92 Å². The molecule has 2 rings (SSSR count). The molecule has 0 saturated carbocycles. The maximum absolute atomic E-state index is 12.4. The number of hydroxylamine groups is 1. The number of furan rings is 1. The van der Waals surface area contributed by atoms with Crippen LogP contribution in [-0.2, 0) is 14.3 Å². The zero-order chi connectivity index (χ0) is 24.2. The van der Waals surface area contributed by atoms with Crippen molar-refractivity contribution in [3.05, 3.63) is 47.7 Å². The maximum Gasteiger partial charge on any atom is 0.337 e. The fraction of sp³-hybridized carbons (Fsp3) is 0.391. The number of hydrogen-bond acceptors (Lipinski definition) is 7. The number of carbonyl (C=O) groups excluding carboxylic acids is 4. The summed E-state index contributed by atoms with van der Waals surface area (Å²) >= 11 is 0. The molecule has 0 fully saturated rings. The molecule has 0 aliphatic rings. The smallest absolute Gasteiger partial charge is 0.337 e. The van der Waals surface area contributed by atoms with Gasteiger partial charge in [0.05, 0.1) is 19.3 Å². The second kappa shape index (κ2) is 13.0. The molecule has 0 radical (unpaired) electrons. The van der Waals surface area contributed by atoms with E-state index in [1.54, 1.807) is 30.3 Å². The highest BCUT2D eigenvalue weighted by atomic mass is 16.5. The van der Waals surface area contributed by atoms with Gasteiger partial charge in [-0.05, 0) is 30.7 Å². The summed E-state index contributed by atoms with van der Waals surface area (Å²) in [5, 5.41) is 13.8. The van der Waals surface area contributed by atoms with E-state index in [1.165, 1.54) is 18.7 Å². The fourth-order valence-electron chi connectivity index (χ4n) is 3.18. The van der Waals surface area contributed by atoms with E-state index in [-0.39, 0.29) is 24.8 Å². The molecular formula is C23H29N3O7. The van der Waals surface area contributed by atoms with E-state index >= 15 is 0 Å². The maximum atomic E-state index is 12.4. The Balaban J connectivity index is 1.89. The lowest BCUT2D eigenvalue weighted by Crippen LogP contribution is -2.41. The number of benzene rings is 1. The Morgan fingerprint density at radius 2 is 1.76 bits per heavy atom. The van der Waals surface area contributed by atoms with E-state index in [1.807, 2.05) is 6.92 Å². The molecule has 0 aliphatic heterocycles. The summed E-state index contributed by atoms with van der Waals surface area (Å²) in [6, 6.07) is 9.65. The number of nitrogens with one attached hydrogen (secondary N) is 3. The number of esters is 1. The summed E-state index contributed by atoms with van der Waals surface area (Å²) in [6.45, 7) is 1.88. The molecule has 178 valence electrons. The van der Waals surface area contributed by atoms with Crippen molar-refractivity contribution in [1.82, 2.24) is 16.1 Å². The average molecular weight is 459 g/mol.